The van der Waals surface area contributed by atoms with Gasteiger partial charge in [0.25, 0.3) is 11.6 Å². The Balaban J connectivity index is 2.37. The van der Waals surface area contributed by atoms with Crippen LogP contribution in [0.3, 0.4) is 0 Å². The minimum atomic E-state index is -4.94. The molecule has 24 heavy (non-hydrogen) atoms. The van der Waals surface area contributed by atoms with E-state index in [0.29, 0.717) is 12.1 Å². The highest BCUT2D eigenvalue weighted by Crippen LogP contribution is 2.37. The normalized spacial score (nSPS) is 10.7. The summed E-state index contributed by atoms with van der Waals surface area (Å²) in [6.07, 6.45) is -4.94. The zero-order chi connectivity index (χ0) is 17.9. The van der Waals surface area contributed by atoms with Gasteiger partial charge in [0.15, 0.2) is 0 Å². The second-order valence-electron chi connectivity index (χ2n) is 4.49. The molecule has 9 heteroatoms. The summed E-state index contributed by atoms with van der Waals surface area (Å²) in [6.45, 7) is 0. The van der Waals surface area contributed by atoms with Crippen molar-refractivity contribution >= 4 is 17.3 Å². The predicted octanol–water partition coefficient (Wildman–Crippen LogP) is 3.47. The molecule has 2 rings (SSSR count). The van der Waals surface area contributed by atoms with Gasteiger partial charge < -0.3 is 10.1 Å². The second kappa shape index (κ2) is 6.45. The summed E-state index contributed by atoms with van der Waals surface area (Å²) in [5.41, 5.74) is -2.87. The number of methoxy groups -OCH3 is 1. The van der Waals surface area contributed by atoms with Crippen LogP contribution in [-0.2, 0) is 6.18 Å². The number of ether oxygens (including phenoxy) is 1. The van der Waals surface area contributed by atoms with E-state index >= 15 is 0 Å². The molecule has 0 unspecified atom stereocenters. The minimum Gasteiger partial charge on any atom is -0.495 e. The van der Waals surface area contributed by atoms with Crippen molar-refractivity contribution in [2.45, 2.75) is 6.18 Å². The van der Waals surface area contributed by atoms with Gasteiger partial charge in [-0.25, -0.2) is 0 Å². The van der Waals surface area contributed by atoms with Crippen LogP contribution in [0.15, 0.2) is 30.3 Å². The topological polar surface area (TPSA) is 81.5 Å². The Labute approximate surface area is 134 Å². The number of nitro groups is 1. The van der Waals surface area contributed by atoms with Crippen molar-refractivity contribution in [1.82, 2.24) is 0 Å². The van der Waals surface area contributed by atoms with Crippen molar-refractivity contribution in [1.29, 1.82) is 0 Å². The largest absolute Gasteiger partial charge is 0.495 e. The van der Waals surface area contributed by atoms with Crippen LogP contribution in [0.5, 0.6) is 5.75 Å². The Morgan fingerprint density at radius 1 is 1.33 bits per heavy atom. The molecule has 0 spiro atoms. The van der Waals surface area contributed by atoms with Gasteiger partial charge in [-0.3, -0.25) is 14.9 Å². The fraction of sp³-hybridized carbons (Fsp3) is 0.133. The van der Waals surface area contributed by atoms with Crippen LogP contribution in [-0.4, -0.2) is 17.9 Å². The standard InChI is InChI=1S/C15H9F3N2O4/c1-24-13-5-3-2-4-10(13)14(21)19-9-6-7-12(20(22)23)11(8-9)15(16,17)18/h3,5-8H,1H3,(H,19,21). The van der Waals surface area contributed by atoms with Crippen LogP contribution < -0.4 is 10.1 Å². The van der Waals surface area contributed by atoms with Gasteiger partial charge in [0.05, 0.1) is 12.0 Å². The molecule has 1 N–H and O–H groups in total. The number of nitrogens with zero attached hydrogens (tertiary/aromatic N) is 1. The minimum absolute atomic E-state index is 0.0630. The maximum Gasteiger partial charge on any atom is 0.423 e. The summed E-state index contributed by atoms with van der Waals surface area (Å²) in [5, 5.41) is 12.9. The van der Waals surface area contributed by atoms with E-state index < -0.39 is 28.3 Å². The number of nitrogens with one attached hydrogen (secondary N) is 1. The van der Waals surface area contributed by atoms with Crippen LogP contribution in [0.1, 0.15) is 15.9 Å². The van der Waals surface area contributed by atoms with Crippen molar-refractivity contribution in [2.75, 3.05) is 12.4 Å². The molecule has 0 heterocycles. The molecule has 1 amide bonds. The number of halogens is 3. The van der Waals surface area contributed by atoms with Gasteiger partial charge in [0.2, 0.25) is 0 Å². The van der Waals surface area contributed by atoms with Gasteiger partial charge in [0, 0.05) is 11.8 Å². The van der Waals surface area contributed by atoms with Gasteiger partial charge in [-0.1, -0.05) is 12.1 Å². The SMILES string of the molecule is COc1ccc#cc1C(=O)Nc1ccc([N+](=O)[O-])c(C(F)(F)F)c1. The number of alkyl halides is 3. The number of nitro benzene ring substituents is 1. The average molecular weight is 338 g/mol. The Kier molecular flexibility index (Phi) is 4.59. The average Bonchev–Trinajstić information content (AvgIpc) is 2.53. The van der Waals surface area contributed by atoms with Gasteiger partial charge in [-0.05, 0) is 24.3 Å². The third kappa shape index (κ3) is 3.55. The molecular weight excluding hydrogens is 329 g/mol. The molecule has 0 bridgehead atoms. The molecule has 0 fully saturated rings. The zero-order valence-corrected chi connectivity index (χ0v) is 12.1. The van der Waals surface area contributed by atoms with Crippen LogP contribution in [0.2, 0.25) is 0 Å². The fourth-order valence-corrected chi connectivity index (χ4v) is 1.91. The second-order valence-corrected chi connectivity index (χ2v) is 4.49. The molecule has 2 aromatic rings. The first-order valence-electron chi connectivity index (χ1n) is 6.37. The lowest BCUT2D eigenvalue weighted by Crippen LogP contribution is -2.15. The fourth-order valence-electron chi connectivity index (χ4n) is 1.91. The Bertz CT molecular complexity index is 791. The maximum atomic E-state index is 12.9. The van der Waals surface area contributed by atoms with E-state index in [-0.39, 0.29) is 17.0 Å². The van der Waals surface area contributed by atoms with Crippen molar-refractivity contribution in [3.05, 3.63) is 63.7 Å². The summed E-state index contributed by atoms with van der Waals surface area (Å²) in [5.74, 6) is -0.630. The van der Waals surface area contributed by atoms with Gasteiger partial charge >= 0.3 is 6.18 Å². The molecule has 0 aliphatic rings. The summed E-state index contributed by atoms with van der Waals surface area (Å²) in [6, 6.07) is 10.1. The van der Waals surface area contributed by atoms with E-state index in [1.165, 1.54) is 19.2 Å². The summed E-state index contributed by atoms with van der Waals surface area (Å²) in [4.78, 5) is 21.7. The maximum absolute atomic E-state index is 12.9. The molecule has 2 aromatic carbocycles. The van der Waals surface area contributed by atoms with Gasteiger partial charge in [-0.15, -0.1) is 0 Å². The number of hydrogen-bond donors (Lipinski definition) is 1. The van der Waals surface area contributed by atoms with Gasteiger partial charge in [0.1, 0.15) is 16.9 Å². The first-order chi connectivity index (χ1) is 11.2. The molecule has 0 aliphatic heterocycles. The predicted molar refractivity (Wildman–Crippen MR) is 76.7 cm³/mol. The van der Waals surface area contributed by atoms with E-state index in [2.05, 4.69) is 17.4 Å². The van der Waals surface area contributed by atoms with E-state index in [4.69, 9.17) is 4.74 Å². The van der Waals surface area contributed by atoms with E-state index in [1.807, 2.05) is 0 Å². The van der Waals surface area contributed by atoms with Crippen molar-refractivity contribution < 1.29 is 27.6 Å². The lowest BCUT2D eigenvalue weighted by Gasteiger charge is -2.11. The van der Waals surface area contributed by atoms with E-state index in [1.54, 1.807) is 0 Å². The van der Waals surface area contributed by atoms with Crippen LogP contribution in [0.25, 0.3) is 0 Å². The number of carbonyl (C=O) groups excluding carboxylic acids is 1. The van der Waals surface area contributed by atoms with Crippen molar-refractivity contribution in [2.24, 2.45) is 0 Å². The summed E-state index contributed by atoms with van der Waals surface area (Å²) < 4.78 is 43.7. The number of carbonyl (C=O) groups is 1. The highest BCUT2D eigenvalue weighted by atomic mass is 19.4. The molecule has 0 atom stereocenters. The first kappa shape index (κ1) is 17.1. The van der Waals surface area contributed by atoms with Crippen LogP contribution >= 0.6 is 0 Å². The lowest BCUT2D eigenvalue weighted by atomic mass is 10.1. The summed E-state index contributed by atoms with van der Waals surface area (Å²) in [7, 11) is 1.31. The monoisotopic (exact) mass is 338 g/mol. The molecular formula is C15H9F3N2O4. The third-order valence-corrected chi connectivity index (χ3v) is 2.97. The molecule has 6 nitrogen and oxygen atoms in total. The Morgan fingerprint density at radius 2 is 2.04 bits per heavy atom. The number of benzene rings is 1. The quantitative estimate of drug-likeness (QED) is 0.683. The molecule has 0 aliphatic carbocycles. The van der Waals surface area contributed by atoms with Crippen LogP contribution in [0.4, 0.5) is 24.5 Å². The molecule has 0 radical (unpaired) electrons. The molecule has 0 aromatic heterocycles. The summed E-state index contributed by atoms with van der Waals surface area (Å²) >= 11 is 0. The third-order valence-electron chi connectivity index (χ3n) is 2.97. The molecule has 124 valence electrons. The molecule has 0 saturated heterocycles. The number of hydrogen-bond acceptors (Lipinski definition) is 4. The first-order valence-corrected chi connectivity index (χ1v) is 6.37. The Morgan fingerprint density at radius 3 is 2.62 bits per heavy atom. The van der Waals surface area contributed by atoms with Crippen LogP contribution in [0, 0.1) is 22.2 Å². The highest BCUT2D eigenvalue weighted by Gasteiger charge is 2.38. The highest BCUT2D eigenvalue weighted by molar-refractivity contribution is 6.05. The Hall–Kier alpha value is -3.28. The van der Waals surface area contributed by atoms with Crippen molar-refractivity contribution in [3.8, 4) is 5.75 Å². The smallest absolute Gasteiger partial charge is 0.423 e. The van der Waals surface area contributed by atoms with Gasteiger partial charge in [-0.2, -0.15) is 13.2 Å². The van der Waals surface area contributed by atoms with E-state index in [9.17, 15) is 28.1 Å². The lowest BCUT2D eigenvalue weighted by molar-refractivity contribution is -0.388. The molecule has 0 saturated carbocycles. The number of amides is 1. The van der Waals surface area contributed by atoms with E-state index in [0.717, 1.165) is 6.07 Å². The number of rotatable bonds is 4. The zero-order valence-electron chi connectivity index (χ0n) is 12.1. The van der Waals surface area contributed by atoms with Crippen molar-refractivity contribution in [3.63, 3.8) is 0 Å². The number of anilines is 1.